The summed E-state index contributed by atoms with van der Waals surface area (Å²) in [5, 5.41) is 0.994. The van der Waals surface area contributed by atoms with E-state index in [0.717, 1.165) is 53.1 Å². The van der Waals surface area contributed by atoms with Gasteiger partial charge in [-0.25, -0.2) is 0 Å². The van der Waals surface area contributed by atoms with Crippen molar-refractivity contribution in [3.05, 3.63) is 28.9 Å². The van der Waals surface area contributed by atoms with Gasteiger partial charge in [0.1, 0.15) is 0 Å². The standard InChI is InChI=1S/C13H14BrN3O/c14-9-7-10-11(15)1-2-12(13(10)16-8-9)17-3-5-18-6-4-17/h1-2,7-8H,3-6,15H2. The van der Waals surface area contributed by atoms with Gasteiger partial charge in [0.25, 0.3) is 0 Å². The van der Waals surface area contributed by atoms with E-state index in [1.165, 1.54) is 0 Å². The molecule has 0 spiro atoms. The number of pyridine rings is 1. The number of aromatic nitrogens is 1. The molecule has 1 aromatic heterocycles. The summed E-state index contributed by atoms with van der Waals surface area (Å²) in [6.07, 6.45) is 1.81. The molecule has 1 saturated heterocycles. The van der Waals surface area contributed by atoms with Gasteiger partial charge in [-0.1, -0.05) is 0 Å². The summed E-state index contributed by atoms with van der Waals surface area (Å²) in [6.45, 7) is 3.33. The summed E-state index contributed by atoms with van der Waals surface area (Å²) in [5.74, 6) is 0. The van der Waals surface area contributed by atoms with Crippen LogP contribution >= 0.6 is 15.9 Å². The maximum Gasteiger partial charge on any atom is 0.0956 e. The topological polar surface area (TPSA) is 51.4 Å². The van der Waals surface area contributed by atoms with Crippen LogP contribution in [0.25, 0.3) is 10.9 Å². The Morgan fingerprint density at radius 2 is 2.06 bits per heavy atom. The van der Waals surface area contributed by atoms with Crippen molar-refractivity contribution in [3.63, 3.8) is 0 Å². The lowest BCUT2D eigenvalue weighted by molar-refractivity contribution is 0.123. The third-order valence-corrected chi connectivity index (χ3v) is 3.61. The molecule has 4 nitrogen and oxygen atoms in total. The molecule has 5 heteroatoms. The maximum atomic E-state index is 6.02. The van der Waals surface area contributed by atoms with Gasteiger partial charge in [0.05, 0.1) is 24.4 Å². The zero-order valence-corrected chi connectivity index (χ0v) is 11.5. The third kappa shape index (κ3) is 2.04. The van der Waals surface area contributed by atoms with Gasteiger partial charge in [-0.05, 0) is 34.1 Å². The summed E-state index contributed by atoms with van der Waals surface area (Å²) in [7, 11) is 0. The van der Waals surface area contributed by atoms with E-state index in [2.05, 4.69) is 25.8 Å². The van der Waals surface area contributed by atoms with Crippen molar-refractivity contribution in [2.45, 2.75) is 0 Å². The van der Waals surface area contributed by atoms with Crippen LogP contribution in [0, 0.1) is 0 Å². The van der Waals surface area contributed by atoms with Gasteiger partial charge < -0.3 is 15.4 Å². The minimum absolute atomic E-state index is 0.760. The number of benzene rings is 1. The first kappa shape index (κ1) is 11.7. The molecule has 0 atom stereocenters. The van der Waals surface area contributed by atoms with E-state index in [4.69, 9.17) is 10.5 Å². The SMILES string of the molecule is Nc1ccc(N2CCOCC2)c2ncc(Br)cc12. The minimum Gasteiger partial charge on any atom is -0.398 e. The number of nitrogens with zero attached hydrogens (tertiary/aromatic N) is 2. The average Bonchev–Trinajstić information content (AvgIpc) is 2.41. The number of hydrogen-bond donors (Lipinski definition) is 1. The van der Waals surface area contributed by atoms with Gasteiger partial charge in [-0.3, -0.25) is 4.98 Å². The van der Waals surface area contributed by atoms with Crippen molar-refractivity contribution in [3.8, 4) is 0 Å². The van der Waals surface area contributed by atoms with Crippen LogP contribution in [-0.4, -0.2) is 31.3 Å². The molecule has 2 heterocycles. The van der Waals surface area contributed by atoms with Gasteiger partial charge >= 0.3 is 0 Å². The molecule has 2 N–H and O–H groups in total. The molecule has 1 fully saturated rings. The Bertz CT molecular complexity index is 582. The first-order chi connectivity index (χ1) is 8.75. The summed E-state index contributed by atoms with van der Waals surface area (Å²) in [5.41, 5.74) is 8.87. The van der Waals surface area contributed by atoms with E-state index in [1.54, 1.807) is 0 Å². The molecule has 3 rings (SSSR count). The van der Waals surface area contributed by atoms with Crippen LogP contribution in [0.2, 0.25) is 0 Å². The van der Waals surface area contributed by atoms with Crippen LogP contribution in [0.5, 0.6) is 0 Å². The third-order valence-electron chi connectivity index (χ3n) is 3.18. The molecule has 0 bridgehead atoms. The summed E-state index contributed by atoms with van der Waals surface area (Å²) >= 11 is 3.44. The smallest absolute Gasteiger partial charge is 0.0956 e. The van der Waals surface area contributed by atoms with Gasteiger partial charge in [0.15, 0.2) is 0 Å². The second-order valence-corrected chi connectivity index (χ2v) is 5.24. The number of nitrogen functional groups attached to an aromatic ring is 1. The summed E-state index contributed by atoms with van der Waals surface area (Å²) < 4.78 is 6.33. The fourth-order valence-electron chi connectivity index (χ4n) is 2.26. The number of halogens is 1. The Kier molecular flexibility index (Phi) is 3.09. The predicted molar refractivity (Wildman–Crippen MR) is 76.9 cm³/mol. The monoisotopic (exact) mass is 307 g/mol. The van der Waals surface area contributed by atoms with Crippen molar-refractivity contribution in [2.75, 3.05) is 36.9 Å². The highest BCUT2D eigenvalue weighted by Crippen LogP contribution is 2.31. The van der Waals surface area contributed by atoms with Crippen LogP contribution in [0.15, 0.2) is 28.9 Å². The molecular formula is C13H14BrN3O. The first-order valence-corrected chi connectivity index (χ1v) is 6.71. The minimum atomic E-state index is 0.760. The fourth-order valence-corrected chi connectivity index (χ4v) is 2.59. The van der Waals surface area contributed by atoms with E-state index < -0.39 is 0 Å². The van der Waals surface area contributed by atoms with Crippen molar-refractivity contribution in [1.29, 1.82) is 0 Å². The van der Waals surface area contributed by atoms with Crippen molar-refractivity contribution < 1.29 is 4.74 Å². The zero-order chi connectivity index (χ0) is 12.5. The first-order valence-electron chi connectivity index (χ1n) is 5.92. The number of anilines is 2. The molecule has 2 aromatic rings. The van der Waals surface area contributed by atoms with E-state index in [-0.39, 0.29) is 0 Å². The van der Waals surface area contributed by atoms with Gasteiger partial charge in [-0.15, -0.1) is 0 Å². The Hall–Kier alpha value is -1.33. The normalized spacial score (nSPS) is 16.2. The van der Waals surface area contributed by atoms with Crippen LogP contribution < -0.4 is 10.6 Å². The average molecular weight is 308 g/mol. The molecule has 0 saturated carbocycles. The van der Waals surface area contributed by atoms with Crippen LogP contribution in [0.1, 0.15) is 0 Å². The van der Waals surface area contributed by atoms with Crippen molar-refractivity contribution >= 4 is 38.2 Å². The second kappa shape index (κ2) is 4.74. The molecule has 1 aliphatic rings. The van der Waals surface area contributed by atoms with Crippen LogP contribution in [0.3, 0.4) is 0 Å². The van der Waals surface area contributed by atoms with E-state index >= 15 is 0 Å². The zero-order valence-electron chi connectivity index (χ0n) is 9.90. The molecule has 0 amide bonds. The highest BCUT2D eigenvalue weighted by Gasteiger charge is 2.15. The van der Waals surface area contributed by atoms with Crippen LogP contribution in [0.4, 0.5) is 11.4 Å². The fraction of sp³-hybridized carbons (Fsp3) is 0.308. The van der Waals surface area contributed by atoms with Crippen LogP contribution in [-0.2, 0) is 4.74 Å². The maximum absolute atomic E-state index is 6.02. The lowest BCUT2D eigenvalue weighted by Gasteiger charge is -2.29. The Morgan fingerprint density at radius 1 is 1.28 bits per heavy atom. The number of nitrogens with two attached hydrogens (primary N) is 1. The predicted octanol–water partition coefficient (Wildman–Crippen LogP) is 2.42. The van der Waals surface area contributed by atoms with E-state index in [0.29, 0.717) is 0 Å². The summed E-state index contributed by atoms with van der Waals surface area (Å²) in [4.78, 5) is 6.81. The van der Waals surface area contributed by atoms with Gasteiger partial charge in [0, 0.05) is 34.8 Å². The molecule has 18 heavy (non-hydrogen) atoms. The molecule has 0 aliphatic carbocycles. The molecule has 0 unspecified atom stereocenters. The Morgan fingerprint density at radius 3 is 2.83 bits per heavy atom. The molecule has 1 aromatic carbocycles. The number of morpholine rings is 1. The molecular weight excluding hydrogens is 294 g/mol. The van der Waals surface area contributed by atoms with E-state index in [1.807, 2.05) is 24.4 Å². The second-order valence-electron chi connectivity index (χ2n) is 4.32. The Balaban J connectivity index is 2.14. The van der Waals surface area contributed by atoms with Gasteiger partial charge in [0.2, 0.25) is 0 Å². The lowest BCUT2D eigenvalue weighted by Crippen LogP contribution is -2.36. The van der Waals surface area contributed by atoms with Crippen molar-refractivity contribution in [1.82, 2.24) is 4.98 Å². The molecule has 1 aliphatic heterocycles. The number of rotatable bonds is 1. The largest absolute Gasteiger partial charge is 0.398 e. The van der Waals surface area contributed by atoms with Crippen molar-refractivity contribution in [2.24, 2.45) is 0 Å². The number of hydrogen-bond acceptors (Lipinski definition) is 4. The number of fused-ring (bicyclic) bond motifs is 1. The lowest BCUT2D eigenvalue weighted by atomic mass is 10.1. The summed E-state index contributed by atoms with van der Waals surface area (Å²) in [6, 6.07) is 6.01. The number of ether oxygens (including phenoxy) is 1. The highest BCUT2D eigenvalue weighted by atomic mass is 79.9. The molecule has 0 radical (unpaired) electrons. The quantitative estimate of drug-likeness (QED) is 0.822. The molecule has 94 valence electrons. The highest BCUT2D eigenvalue weighted by molar-refractivity contribution is 9.10. The Labute approximate surface area is 114 Å². The van der Waals surface area contributed by atoms with Gasteiger partial charge in [-0.2, -0.15) is 0 Å². The van der Waals surface area contributed by atoms with E-state index in [9.17, 15) is 0 Å².